The maximum Gasteiger partial charge on any atom is 0.289 e. The Morgan fingerprint density at radius 3 is 2.34 bits per heavy atom. The van der Waals surface area contributed by atoms with Crippen molar-refractivity contribution in [2.75, 3.05) is 76.3 Å². The molecule has 2 fully saturated rings. The number of piperazine rings is 2. The maximum absolute atomic E-state index is 12.8. The van der Waals surface area contributed by atoms with Gasteiger partial charge >= 0.3 is 0 Å². The van der Waals surface area contributed by atoms with Crippen LogP contribution in [0.1, 0.15) is 28.9 Å². The molecule has 0 bridgehead atoms. The van der Waals surface area contributed by atoms with Gasteiger partial charge in [0, 0.05) is 69.8 Å². The number of carbonyl (C=O) groups is 1. The molecule has 202 valence electrons. The monoisotopic (exact) mass is 536 g/mol. The summed E-state index contributed by atoms with van der Waals surface area (Å²) in [4.78, 5) is 31.3. The summed E-state index contributed by atoms with van der Waals surface area (Å²) >= 11 is 1.55. The van der Waals surface area contributed by atoms with Crippen LogP contribution in [0.25, 0.3) is 0 Å². The standard InChI is InChI=1S/C28H36N6O3S/c1-4-21-19-26(33-17-15-32(16-18-33)22-5-7-23(36-3)8-6-22)30-28(29-21)38-20-24-9-10-25(37-24)27(35)34-13-11-31(2)12-14-34/h5-10,19H,4,11-18,20H2,1-3H3. The van der Waals surface area contributed by atoms with Crippen LogP contribution in [-0.2, 0) is 12.2 Å². The first-order chi connectivity index (χ1) is 18.5. The predicted molar refractivity (Wildman–Crippen MR) is 150 cm³/mol. The molecule has 1 aromatic carbocycles. The van der Waals surface area contributed by atoms with Crippen molar-refractivity contribution in [1.82, 2.24) is 19.8 Å². The highest BCUT2D eigenvalue weighted by molar-refractivity contribution is 7.98. The Labute approximate surface area is 228 Å². The fraction of sp³-hybridized carbons (Fsp3) is 0.464. The molecule has 2 saturated heterocycles. The van der Waals surface area contributed by atoms with Crippen LogP contribution in [0.15, 0.2) is 52.0 Å². The van der Waals surface area contributed by atoms with E-state index in [2.05, 4.69) is 46.9 Å². The average molecular weight is 537 g/mol. The Kier molecular flexibility index (Phi) is 8.38. The molecule has 0 N–H and O–H groups in total. The fourth-order valence-corrected chi connectivity index (χ4v) is 5.49. The van der Waals surface area contributed by atoms with Crippen LogP contribution in [0.2, 0.25) is 0 Å². The SMILES string of the molecule is CCc1cc(N2CCN(c3ccc(OC)cc3)CC2)nc(SCc2ccc(C(=O)N3CCN(C)CC3)o2)n1. The zero-order valence-corrected chi connectivity index (χ0v) is 23.2. The van der Waals surface area contributed by atoms with E-state index in [1.54, 1.807) is 24.9 Å². The van der Waals surface area contributed by atoms with E-state index in [1.807, 2.05) is 23.1 Å². The molecule has 5 rings (SSSR count). The molecule has 0 saturated carbocycles. The summed E-state index contributed by atoms with van der Waals surface area (Å²) in [5.41, 5.74) is 2.24. The molecular formula is C28H36N6O3S. The van der Waals surface area contributed by atoms with Gasteiger partial charge in [-0.1, -0.05) is 18.7 Å². The number of likely N-dealkylation sites (N-methyl/N-ethyl adjacent to an activating group) is 1. The van der Waals surface area contributed by atoms with Crippen molar-refractivity contribution in [3.8, 4) is 5.75 Å². The largest absolute Gasteiger partial charge is 0.497 e. The fourth-order valence-electron chi connectivity index (χ4n) is 4.73. The van der Waals surface area contributed by atoms with E-state index < -0.39 is 0 Å². The molecule has 0 aliphatic carbocycles. The molecule has 4 heterocycles. The summed E-state index contributed by atoms with van der Waals surface area (Å²) in [6.07, 6.45) is 0.847. The van der Waals surface area contributed by atoms with Gasteiger partial charge in [0.25, 0.3) is 5.91 Å². The molecule has 2 aliphatic rings. The number of rotatable bonds is 8. The molecule has 9 nitrogen and oxygen atoms in total. The Morgan fingerprint density at radius 2 is 1.66 bits per heavy atom. The van der Waals surface area contributed by atoms with Gasteiger partial charge in [-0.05, 0) is 49.9 Å². The summed E-state index contributed by atoms with van der Waals surface area (Å²) in [6, 6.07) is 14.0. The van der Waals surface area contributed by atoms with Gasteiger partial charge in [-0.2, -0.15) is 0 Å². The molecule has 2 aliphatic heterocycles. The van der Waals surface area contributed by atoms with Crippen LogP contribution >= 0.6 is 11.8 Å². The Hall–Kier alpha value is -3.24. The van der Waals surface area contributed by atoms with E-state index in [4.69, 9.17) is 19.1 Å². The first-order valence-electron chi connectivity index (χ1n) is 13.2. The molecule has 38 heavy (non-hydrogen) atoms. The van der Waals surface area contributed by atoms with Gasteiger partial charge in [-0.25, -0.2) is 9.97 Å². The molecule has 2 aromatic heterocycles. The van der Waals surface area contributed by atoms with Gasteiger partial charge < -0.3 is 28.8 Å². The highest BCUT2D eigenvalue weighted by Gasteiger charge is 2.23. The molecule has 0 radical (unpaired) electrons. The predicted octanol–water partition coefficient (Wildman–Crippen LogP) is 3.65. The number of carbonyl (C=O) groups excluding carboxylic acids is 1. The van der Waals surface area contributed by atoms with Crippen molar-refractivity contribution in [2.24, 2.45) is 0 Å². The third kappa shape index (κ3) is 6.24. The van der Waals surface area contributed by atoms with Crippen LogP contribution < -0.4 is 14.5 Å². The van der Waals surface area contributed by atoms with Crippen LogP contribution in [0, 0.1) is 0 Å². The van der Waals surface area contributed by atoms with Crippen molar-refractivity contribution < 1.29 is 13.9 Å². The number of anilines is 2. The van der Waals surface area contributed by atoms with Gasteiger partial charge in [-0.3, -0.25) is 4.79 Å². The topological polar surface area (TPSA) is 78.2 Å². The van der Waals surface area contributed by atoms with Crippen molar-refractivity contribution in [2.45, 2.75) is 24.3 Å². The van der Waals surface area contributed by atoms with Gasteiger partial charge in [0.05, 0.1) is 12.9 Å². The minimum Gasteiger partial charge on any atom is -0.497 e. The average Bonchev–Trinajstić information content (AvgIpc) is 3.45. The van der Waals surface area contributed by atoms with Gasteiger partial charge in [0.15, 0.2) is 10.9 Å². The van der Waals surface area contributed by atoms with Gasteiger partial charge in [0.2, 0.25) is 0 Å². The first kappa shape index (κ1) is 26.4. The van der Waals surface area contributed by atoms with Crippen LogP contribution in [0.5, 0.6) is 5.75 Å². The lowest BCUT2D eigenvalue weighted by atomic mass is 10.2. The van der Waals surface area contributed by atoms with Crippen LogP contribution in [0.3, 0.4) is 0 Å². The number of aryl methyl sites for hydroxylation is 1. The number of methoxy groups -OCH3 is 1. The van der Waals surface area contributed by atoms with Crippen molar-refractivity contribution in [3.63, 3.8) is 0 Å². The van der Waals surface area contributed by atoms with Crippen molar-refractivity contribution in [3.05, 3.63) is 59.7 Å². The minimum atomic E-state index is -0.0327. The van der Waals surface area contributed by atoms with Crippen molar-refractivity contribution >= 4 is 29.2 Å². The highest BCUT2D eigenvalue weighted by atomic mass is 32.2. The zero-order valence-electron chi connectivity index (χ0n) is 22.4. The minimum absolute atomic E-state index is 0.0327. The van der Waals surface area contributed by atoms with Crippen LogP contribution in [0.4, 0.5) is 11.5 Å². The number of thioether (sulfide) groups is 1. The number of aromatic nitrogens is 2. The molecular weight excluding hydrogens is 500 g/mol. The number of ether oxygens (including phenoxy) is 1. The molecule has 0 spiro atoms. The molecule has 0 unspecified atom stereocenters. The summed E-state index contributed by atoms with van der Waals surface area (Å²) in [7, 11) is 3.77. The number of furan rings is 1. The third-order valence-electron chi connectivity index (χ3n) is 7.16. The number of hydrogen-bond donors (Lipinski definition) is 0. The highest BCUT2D eigenvalue weighted by Crippen LogP contribution is 2.26. The number of amides is 1. The zero-order chi connectivity index (χ0) is 26.5. The summed E-state index contributed by atoms with van der Waals surface area (Å²) in [5, 5.41) is 0.736. The van der Waals surface area contributed by atoms with Gasteiger partial charge in [-0.15, -0.1) is 0 Å². The second-order valence-corrected chi connectivity index (χ2v) is 10.6. The smallest absolute Gasteiger partial charge is 0.289 e. The van der Waals surface area contributed by atoms with Gasteiger partial charge in [0.1, 0.15) is 17.3 Å². The Morgan fingerprint density at radius 1 is 0.947 bits per heavy atom. The molecule has 0 atom stereocenters. The third-order valence-corrected chi connectivity index (χ3v) is 8.02. The molecule has 1 amide bonds. The second kappa shape index (κ2) is 12.1. The van der Waals surface area contributed by atoms with E-state index in [9.17, 15) is 4.79 Å². The van der Waals surface area contributed by atoms with Crippen molar-refractivity contribution in [1.29, 1.82) is 0 Å². The summed E-state index contributed by atoms with van der Waals surface area (Å²) in [6.45, 7) is 9.00. The van der Waals surface area contributed by atoms with E-state index in [-0.39, 0.29) is 5.91 Å². The number of benzene rings is 1. The lowest BCUT2D eigenvalue weighted by Gasteiger charge is -2.37. The quantitative estimate of drug-likeness (QED) is 0.317. The Balaban J connectivity index is 1.19. The van der Waals surface area contributed by atoms with E-state index in [0.29, 0.717) is 11.5 Å². The molecule has 3 aromatic rings. The summed E-state index contributed by atoms with van der Waals surface area (Å²) < 4.78 is 11.2. The molecule has 10 heteroatoms. The Bertz CT molecular complexity index is 1220. The number of nitrogens with zero attached hydrogens (tertiary/aromatic N) is 6. The van der Waals surface area contributed by atoms with E-state index in [1.165, 1.54) is 5.69 Å². The van der Waals surface area contributed by atoms with E-state index >= 15 is 0 Å². The second-order valence-electron chi connectivity index (χ2n) is 9.68. The van der Waals surface area contributed by atoms with Crippen LogP contribution in [-0.4, -0.2) is 92.2 Å². The first-order valence-corrected chi connectivity index (χ1v) is 14.2. The summed E-state index contributed by atoms with van der Waals surface area (Å²) in [5.74, 6) is 3.55. The lowest BCUT2D eigenvalue weighted by Crippen LogP contribution is -2.47. The maximum atomic E-state index is 12.8. The lowest BCUT2D eigenvalue weighted by molar-refractivity contribution is 0.0631. The number of hydrogen-bond acceptors (Lipinski definition) is 9. The normalized spacial score (nSPS) is 16.7. The van der Waals surface area contributed by atoms with E-state index in [0.717, 1.165) is 87.0 Å².